The van der Waals surface area contributed by atoms with E-state index in [-0.39, 0.29) is 36.7 Å². The number of nitriles is 1. The van der Waals surface area contributed by atoms with Crippen LogP contribution in [0, 0.1) is 17.2 Å². The highest BCUT2D eigenvalue weighted by molar-refractivity contribution is 7.14. The lowest BCUT2D eigenvalue weighted by atomic mass is 9.78. The van der Waals surface area contributed by atoms with Gasteiger partial charge in [0.2, 0.25) is 0 Å². The zero-order chi connectivity index (χ0) is 16.4. The summed E-state index contributed by atoms with van der Waals surface area (Å²) in [5.41, 5.74) is -0.918. The van der Waals surface area contributed by atoms with E-state index in [1.807, 2.05) is 6.07 Å². The SMILES string of the molecule is N#CCC(=O)c1ccc(C2(C3CCCC3)CC(=O)CC(=O)O2)s1. The van der Waals surface area contributed by atoms with Gasteiger partial charge in [0.05, 0.1) is 23.8 Å². The van der Waals surface area contributed by atoms with Crippen LogP contribution < -0.4 is 0 Å². The molecule has 1 atom stereocenters. The maximum absolute atomic E-state index is 12.1. The first-order valence-electron chi connectivity index (χ1n) is 7.79. The van der Waals surface area contributed by atoms with Gasteiger partial charge in [-0.2, -0.15) is 5.26 Å². The number of cyclic esters (lactones) is 1. The lowest BCUT2D eigenvalue weighted by molar-refractivity contribution is -0.179. The van der Waals surface area contributed by atoms with Gasteiger partial charge in [0, 0.05) is 10.8 Å². The van der Waals surface area contributed by atoms with Crippen LogP contribution in [-0.4, -0.2) is 17.5 Å². The van der Waals surface area contributed by atoms with Crippen molar-refractivity contribution < 1.29 is 19.1 Å². The number of thiophene rings is 1. The second-order valence-electron chi connectivity index (χ2n) is 6.16. The van der Waals surface area contributed by atoms with E-state index in [2.05, 4.69) is 0 Å². The molecule has 0 radical (unpaired) electrons. The minimum Gasteiger partial charge on any atom is -0.452 e. The molecule has 1 saturated carbocycles. The van der Waals surface area contributed by atoms with Gasteiger partial charge in [0.15, 0.2) is 11.4 Å². The lowest BCUT2D eigenvalue weighted by Crippen LogP contribution is -2.44. The molecule has 0 amide bonds. The van der Waals surface area contributed by atoms with Crippen LogP contribution in [0.3, 0.4) is 0 Å². The Labute approximate surface area is 138 Å². The van der Waals surface area contributed by atoms with Gasteiger partial charge < -0.3 is 4.74 Å². The van der Waals surface area contributed by atoms with Crippen LogP contribution in [0.25, 0.3) is 0 Å². The summed E-state index contributed by atoms with van der Waals surface area (Å²) in [5.74, 6) is -0.704. The number of hydrogen-bond donors (Lipinski definition) is 0. The van der Waals surface area contributed by atoms with E-state index in [1.165, 1.54) is 11.3 Å². The van der Waals surface area contributed by atoms with Crippen LogP contribution in [0.4, 0.5) is 0 Å². The number of hydrogen-bond acceptors (Lipinski definition) is 6. The molecule has 1 aromatic rings. The second-order valence-corrected chi connectivity index (χ2v) is 7.24. The van der Waals surface area contributed by atoms with Crippen LogP contribution in [0.1, 0.15) is 59.5 Å². The van der Waals surface area contributed by atoms with Crippen LogP contribution in [0.2, 0.25) is 0 Å². The summed E-state index contributed by atoms with van der Waals surface area (Å²) in [6.07, 6.45) is 3.80. The van der Waals surface area contributed by atoms with Crippen molar-refractivity contribution in [3.8, 4) is 6.07 Å². The maximum atomic E-state index is 12.1. The number of Topliss-reactive ketones (excluding diaryl/α,β-unsaturated/α-hetero) is 2. The monoisotopic (exact) mass is 331 g/mol. The Bertz CT molecular complexity index is 678. The highest BCUT2D eigenvalue weighted by Crippen LogP contribution is 2.49. The summed E-state index contributed by atoms with van der Waals surface area (Å²) in [4.78, 5) is 37.1. The van der Waals surface area contributed by atoms with Crippen molar-refractivity contribution in [2.75, 3.05) is 0 Å². The topological polar surface area (TPSA) is 84.2 Å². The molecule has 1 unspecified atom stereocenters. The molecule has 0 spiro atoms. The number of ketones is 2. The van der Waals surface area contributed by atoms with Gasteiger partial charge in [0.25, 0.3) is 0 Å². The van der Waals surface area contributed by atoms with E-state index >= 15 is 0 Å². The molecule has 1 aliphatic heterocycles. The third kappa shape index (κ3) is 2.93. The van der Waals surface area contributed by atoms with Crippen LogP contribution in [0.5, 0.6) is 0 Å². The Morgan fingerprint density at radius 3 is 2.74 bits per heavy atom. The zero-order valence-corrected chi connectivity index (χ0v) is 13.5. The molecule has 120 valence electrons. The number of carbonyl (C=O) groups excluding carboxylic acids is 3. The summed E-state index contributed by atoms with van der Waals surface area (Å²) < 4.78 is 5.74. The van der Waals surface area contributed by atoms with Crippen LogP contribution >= 0.6 is 11.3 Å². The van der Waals surface area contributed by atoms with Crippen LogP contribution in [0.15, 0.2) is 12.1 Å². The zero-order valence-electron chi connectivity index (χ0n) is 12.7. The molecule has 1 saturated heterocycles. The van der Waals surface area contributed by atoms with E-state index in [9.17, 15) is 14.4 Å². The predicted octanol–water partition coefficient (Wildman–Crippen LogP) is 3.14. The standard InChI is InChI=1S/C17H17NO4S/c18-8-7-13(20)14-5-6-15(23-14)17(11-3-1-2-4-11)10-12(19)9-16(21)22-17/h5-6,11H,1-4,7,9-10H2. The summed E-state index contributed by atoms with van der Waals surface area (Å²) in [7, 11) is 0. The normalized spacial score (nSPS) is 25.2. The van der Waals surface area contributed by atoms with E-state index in [0.29, 0.717) is 4.88 Å². The summed E-state index contributed by atoms with van der Waals surface area (Å²) in [6.45, 7) is 0. The molecule has 2 aliphatic rings. The van der Waals surface area contributed by atoms with E-state index in [0.717, 1.165) is 30.6 Å². The fourth-order valence-corrected chi connectivity index (χ4v) is 4.77. The molecule has 1 aliphatic carbocycles. The second kappa shape index (κ2) is 6.25. The molecule has 0 bridgehead atoms. The van der Waals surface area contributed by atoms with Crippen molar-refractivity contribution in [3.63, 3.8) is 0 Å². The fourth-order valence-electron chi connectivity index (χ4n) is 3.62. The molecule has 1 aromatic heterocycles. The summed E-state index contributed by atoms with van der Waals surface area (Å²) in [6, 6.07) is 5.30. The van der Waals surface area contributed by atoms with Crippen molar-refractivity contribution >= 4 is 28.9 Å². The third-order valence-corrected chi connectivity index (χ3v) is 5.93. The number of rotatable bonds is 4. The Hall–Kier alpha value is -2.00. The predicted molar refractivity (Wildman–Crippen MR) is 82.8 cm³/mol. The minimum atomic E-state index is -0.918. The largest absolute Gasteiger partial charge is 0.452 e. The van der Waals surface area contributed by atoms with Crippen molar-refractivity contribution in [3.05, 3.63) is 21.9 Å². The van der Waals surface area contributed by atoms with Gasteiger partial charge in [-0.15, -0.1) is 11.3 Å². The molecule has 2 heterocycles. The Kier molecular flexibility index (Phi) is 4.31. The molecular weight excluding hydrogens is 314 g/mol. The van der Waals surface area contributed by atoms with Crippen molar-refractivity contribution in [1.82, 2.24) is 0 Å². The quantitative estimate of drug-likeness (QED) is 0.481. The lowest BCUT2D eigenvalue weighted by Gasteiger charge is -2.40. The number of esters is 1. The molecule has 3 rings (SSSR count). The molecule has 6 heteroatoms. The van der Waals surface area contributed by atoms with E-state index in [1.54, 1.807) is 12.1 Å². The number of carbonyl (C=O) groups is 3. The molecule has 0 N–H and O–H groups in total. The molecule has 2 fully saturated rings. The molecule has 23 heavy (non-hydrogen) atoms. The average molecular weight is 331 g/mol. The molecule has 5 nitrogen and oxygen atoms in total. The van der Waals surface area contributed by atoms with Gasteiger partial charge in [-0.3, -0.25) is 14.4 Å². The highest BCUT2D eigenvalue weighted by atomic mass is 32.1. The van der Waals surface area contributed by atoms with Gasteiger partial charge in [-0.25, -0.2) is 0 Å². The molecular formula is C17H17NO4S. The first-order chi connectivity index (χ1) is 11.0. The average Bonchev–Trinajstić information content (AvgIpc) is 3.19. The van der Waals surface area contributed by atoms with Crippen molar-refractivity contribution in [2.45, 2.75) is 50.5 Å². The van der Waals surface area contributed by atoms with E-state index < -0.39 is 11.6 Å². The van der Waals surface area contributed by atoms with Gasteiger partial charge in [0.1, 0.15) is 12.2 Å². The third-order valence-electron chi connectivity index (χ3n) is 4.65. The Morgan fingerprint density at radius 1 is 1.35 bits per heavy atom. The number of ether oxygens (including phenoxy) is 1. The summed E-state index contributed by atoms with van der Waals surface area (Å²) in [5, 5.41) is 8.67. The Balaban J connectivity index is 1.99. The maximum Gasteiger partial charge on any atom is 0.314 e. The minimum absolute atomic E-state index is 0.105. The summed E-state index contributed by atoms with van der Waals surface area (Å²) >= 11 is 1.25. The van der Waals surface area contributed by atoms with Crippen molar-refractivity contribution in [2.24, 2.45) is 5.92 Å². The first-order valence-corrected chi connectivity index (χ1v) is 8.61. The molecule has 0 aromatic carbocycles. The number of nitrogens with zero attached hydrogens (tertiary/aromatic N) is 1. The Morgan fingerprint density at radius 2 is 2.09 bits per heavy atom. The highest BCUT2D eigenvalue weighted by Gasteiger charge is 2.50. The van der Waals surface area contributed by atoms with E-state index in [4.69, 9.17) is 10.00 Å². The first kappa shape index (κ1) is 15.9. The van der Waals surface area contributed by atoms with Gasteiger partial charge in [-0.05, 0) is 25.0 Å². The van der Waals surface area contributed by atoms with Gasteiger partial charge in [-0.1, -0.05) is 12.8 Å². The van der Waals surface area contributed by atoms with Crippen LogP contribution in [-0.2, 0) is 19.9 Å². The van der Waals surface area contributed by atoms with Gasteiger partial charge >= 0.3 is 5.97 Å². The van der Waals surface area contributed by atoms with Crippen molar-refractivity contribution in [1.29, 1.82) is 5.26 Å². The smallest absolute Gasteiger partial charge is 0.314 e. The fraction of sp³-hybridized carbons (Fsp3) is 0.529.